The number of hydrogen-bond donors (Lipinski definition) is 1. The van der Waals surface area contributed by atoms with Crippen LogP contribution in [-0.4, -0.2) is 24.8 Å². The minimum absolute atomic E-state index is 0.00605. The SMILES string of the molecule is CCCOc1ccc(C(O)C(C(=O)OC)C(C)C)cc1. The van der Waals surface area contributed by atoms with Crippen molar-refractivity contribution in [1.82, 2.24) is 0 Å². The normalized spacial score (nSPS) is 13.9. The Balaban J connectivity index is 2.84. The van der Waals surface area contributed by atoms with E-state index in [1.807, 2.05) is 32.9 Å². The Kier molecular flexibility index (Phi) is 6.52. The summed E-state index contributed by atoms with van der Waals surface area (Å²) in [5, 5.41) is 10.4. The molecule has 0 aliphatic carbocycles. The van der Waals surface area contributed by atoms with Crippen LogP contribution in [0.3, 0.4) is 0 Å². The average molecular weight is 280 g/mol. The first-order chi connectivity index (χ1) is 9.51. The molecule has 0 saturated heterocycles. The number of carbonyl (C=O) groups excluding carboxylic acids is 1. The maximum Gasteiger partial charge on any atom is 0.311 e. The van der Waals surface area contributed by atoms with Gasteiger partial charge in [0.15, 0.2) is 0 Å². The molecule has 0 amide bonds. The van der Waals surface area contributed by atoms with Gasteiger partial charge in [0, 0.05) is 0 Å². The van der Waals surface area contributed by atoms with E-state index < -0.39 is 12.0 Å². The first-order valence-electron chi connectivity index (χ1n) is 6.99. The number of hydrogen-bond acceptors (Lipinski definition) is 4. The fourth-order valence-electron chi connectivity index (χ4n) is 2.09. The molecule has 0 radical (unpaired) electrons. The van der Waals surface area contributed by atoms with Gasteiger partial charge in [-0.15, -0.1) is 0 Å². The summed E-state index contributed by atoms with van der Waals surface area (Å²) in [5.74, 6) is -0.198. The minimum atomic E-state index is -0.873. The number of esters is 1. The number of aliphatic hydroxyl groups is 1. The van der Waals surface area contributed by atoms with Gasteiger partial charge in [-0.05, 0) is 30.0 Å². The van der Waals surface area contributed by atoms with Gasteiger partial charge < -0.3 is 14.6 Å². The summed E-state index contributed by atoms with van der Waals surface area (Å²) in [6, 6.07) is 7.19. The van der Waals surface area contributed by atoms with Crippen molar-refractivity contribution in [3.05, 3.63) is 29.8 Å². The summed E-state index contributed by atoms with van der Waals surface area (Å²) >= 11 is 0. The number of aliphatic hydroxyl groups excluding tert-OH is 1. The Labute approximate surface area is 120 Å². The fraction of sp³-hybridized carbons (Fsp3) is 0.562. The molecular formula is C16H24O4. The standard InChI is InChI=1S/C16H24O4/c1-5-10-20-13-8-6-12(7-9-13)15(17)14(11(2)3)16(18)19-4/h6-9,11,14-15,17H,5,10H2,1-4H3. The highest BCUT2D eigenvalue weighted by molar-refractivity contribution is 5.73. The molecule has 0 fully saturated rings. The van der Waals surface area contributed by atoms with E-state index in [1.54, 1.807) is 12.1 Å². The van der Waals surface area contributed by atoms with Gasteiger partial charge in [-0.1, -0.05) is 32.9 Å². The zero-order valence-corrected chi connectivity index (χ0v) is 12.6. The first-order valence-corrected chi connectivity index (χ1v) is 6.99. The number of methoxy groups -OCH3 is 1. The molecule has 0 aliphatic heterocycles. The van der Waals surface area contributed by atoms with Gasteiger partial charge in [0.25, 0.3) is 0 Å². The molecule has 1 aromatic rings. The number of benzene rings is 1. The second-order valence-corrected chi connectivity index (χ2v) is 5.16. The maximum atomic E-state index is 11.8. The minimum Gasteiger partial charge on any atom is -0.494 e. The zero-order chi connectivity index (χ0) is 15.1. The van der Waals surface area contributed by atoms with E-state index in [4.69, 9.17) is 9.47 Å². The molecule has 0 aromatic heterocycles. The molecule has 20 heavy (non-hydrogen) atoms. The van der Waals surface area contributed by atoms with E-state index >= 15 is 0 Å². The van der Waals surface area contributed by atoms with Crippen LogP contribution >= 0.6 is 0 Å². The largest absolute Gasteiger partial charge is 0.494 e. The van der Waals surface area contributed by atoms with Crippen molar-refractivity contribution in [2.75, 3.05) is 13.7 Å². The van der Waals surface area contributed by atoms with Gasteiger partial charge in [0.05, 0.1) is 25.7 Å². The molecule has 0 spiro atoms. The maximum absolute atomic E-state index is 11.8. The first kappa shape index (κ1) is 16.5. The molecule has 0 aliphatic rings. The van der Waals surface area contributed by atoms with Crippen LogP contribution in [0, 0.1) is 11.8 Å². The highest BCUT2D eigenvalue weighted by atomic mass is 16.5. The monoisotopic (exact) mass is 280 g/mol. The van der Waals surface area contributed by atoms with E-state index in [9.17, 15) is 9.90 Å². The number of rotatable bonds is 7. The lowest BCUT2D eigenvalue weighted by Crippen LogP contribution is -2.28. The Morgan fingerprint density at radius 2 is 1.85 bits per heavy atom. The summed E-state index contributed by atoms with van der Waals surface area (Å²) in [4.78, 5) is 11.8. The third kappa shape index (κ3) is 4.23. The molecule has 0 bridgehead atoms. The number of carbonyl (C=O) groups is 1. The fourth-order valence-corrected chi connectivity index (χ4v) is 2.09. The van der Waals surface area contributed by atoms with Crippen LogP contribution in [0.5, 0.6) is 5.75 Å². The highest BCUT2D eigenvalue weighted by Gasteiger charge is 2.31. The van der Waals surface area contributed by atoms with Gasteiger partial charge in [0.1, 0.15) is 5.75 Å². The smallest absolute Gasteiger partial charge is 0.311 e. The van der Waals surface area contributed by atoms with Gasteiger partial charge in [-0.25, -0.2) is 0 Å². The lowest BCUT2D eigenvalue weighted by Gasteiger charge is -2.24. The van der Waals surface area contributed by atoms with Crippen LogP contribution in [0.4, 0.5) is 0 Å². The van der Waals surface area contributed by atoms with Crippen LogP contribution in [0.2, 0.25) is 0 Å². The summed E-state index contributed by atoms with van der Waals surface area (Å²) < 4.78 is 10.3. The van der Waals surface area contributed by atoms with E-state index in [1.165, 1.54) is 7.11 Å². The molecule has 0 saturated carbocycles. The highest BCUT2D eigenvalue weighted by Crippen LogP contribution is 2.30. The van der Waals surface area contributed by atoms with Crippen LogP contribution in [0.15, 0.2) is 24.3 Å². The van der Waals surface area contributed by atoms with E-state index in [-0.39, 0.29) is 11.9 Å². The predicted octanol–water partition coefficient (Wildman–Crippen LogP) is 2.95. The Hall–Kier alpha value is -1.55. The Morgan fingerprint density at radius 1 is 1.25 bits per heavy atom. The summed E-state index contributed by atoms with van der Waals surface area (Å²) in [7, 11) is 1.34. The second kappa shape index (κ2) is 7.90. The average Bonchev–Trinajstić information content (AvgIpc) is 2.45. The van der Waals surface area contributed by atoms with Crippen molar-refractivity contribution < 1.29 is 19.4 Å². The third-order valence-corrected chi connectivity index (χ3v) is 3.23. The molecule has 4 heteroatoms. The molecule has 1 rings (SSSR count). The topological polar surface area (TPSA) is 55.8 Å². The van der Waals surface area contributed by atoms with Crippen LogP contribution in [0.25, 0.3) is 0 Å². The van der Waals surface area contributed by atoms with E-state index in [0.717, 1.165) is 12.2 Å². The van der Waals surface area contributed by atoms with Gasteiger partial charge in [-0.3, -0.25) is 4.79 Å². The molecule has 0 heterocycles. The lowest BCUT2D eigenvalue weighted by molar-refractivity contribution is -0.152. The Morgan fingerprint density at radius 3 is 2.30 bits per heavy atom. The zero-order valence-electron chi connectivity index (χ0n) is 12.6. The molecule has 2 unspecified atom stereocenters. The molecule has 1 aromatic carbocycles. The van der Waals surface area contributed by atoms with Crippen LogP contribution in [-0.2, 0) is 9.53 Å². The van der Waals surface area contributed by atoms with Gasteiger partial charge >= 0.3 is 5.97 Å². The second-order valence-electron chi connectivity index (χ2n) is 5.16. The van der Waals surface area contributed by atoms with Crippen LogP contribution in [0.1, 0.15) is 38.9 Å². The van der Waals surface area contributed by atoms with Crippen LogP contribution < -0.4 is 4.74 Å². The molecule has 112 valence electrons. The van der Waals surface area contributed by atoms with E-state index in [0.29, 0.717) is 12.2 Å². The summed E-state index contributed by atoms with van der Waals surface area (Å²) in [6.45, 7) is 6.49. The molecule has 2 atom stereocenters. The van der Waals surface area contributed by atoms with Crippen molar-refractivity contribution in [1.29, 1.82) is 0 Å². The summed E-state index contributed by atoms with van der Waals surface area (Å²) in [5.41, 5.74) is 0.693. The molecule has 4 nitrogen and oxygen atoms in total. The number of ether oxygens (including phenoxy) is 2. The Bertz CT molecular complexity index is 411. The van der Waals surface area contributed by atoms with Crippen molar-refractivity contribution in [2.45, 2.75) is 33.3 Å². The molecule has 1 N–H and O–H groups in total. The summed E-state index contributed by atoms with van der Waals surface area (Å²) in [6.07, 6.45) is 0.0740. The van der Waals surface area contributed by atoms with Crippen molar-refractivity contribution in [2.24, 2.45) is 11.8 Å². The van der Waals surface area contributed by atoms with Crippen molar-refractivity contribution in [3.8, 4) is 5.75 Å². The van der Waals surface area contributed by atoms with Gasteiger partial charge in [-0.2, -0.15) is 0 Å². The lowest BCUT2D eigenvalue weighted by atomic mass is 9.86. The quantitative estimate of drug-likeness (QED) is 0.780. The molecular weight excluding hydrogens is 256 g/mol. The van der Waals surface area contributed by atoms with Gasteiger partial charge in [0.2, 0.25) is 0 Å². The van der Waals surface area contributed by atoms with Crippen molar-refractivity contribution >= 4 is 5.97 Å². The predicted molar refractivity (Wildman–Crippen MR) is 77.5 cm³/mol. The van der Waals surface area contributed by atoms with Crippen molar-refractivity contribution in [3.63, 3.8) is 0 Å². The van der Waals surface area contributed by atoms with E-state index in [2.05, 4.69) is 0 Å². The third-order valence-electron chi connectivity index (χ3n) is 3.23.